The topological polar surface area (TPSA) is 59.7 Å². The van der Waals surface area contributed by atoms with Crippen LogP contribution in [0, 0.1) is 0 Å². The number of aromatic nitrogens is 5. The molecule has 7 heteroatoms. The minimum absolute atomic E-state index is 0.697. The van der Waals surface area contributed by atoms with E-state index in [1.165, 1.54) is 0 Å². The van der Waals surface area contributed by atoms with Gasteiger partial charge in [0.05, 0.1) is 12.2 Å². The number of fused-ring (bicyclic) bond motifs is 1. The number of rotatable bonds is 3. The monoisotopic (exact) mass is 298 g/mol. The van der Waals surface area contributed by atoms with Gasteiger partial charge in [0.1, 0.15) is 5.82 Å². The first-order valence-corrected chi connectivity index (χ1v) is 7.70. The Hall–Kier alpha value is -2.12. The van der Waals surface area contributed by atoms with Crippen LogP contribution in [0.2, 0.25) is 0 Å². The molecule has 0 radical (unpaired) electrons. The molecule has 1 aliphatic rings. The van der Waals surface area contributed by atoms with Crippen molar-refractivity contribution < 1.29 is 0 Å². The predicted octanol–water partition coefficient (Wildman–Crippen LogP) is 1.81. The van der Waals surface area contributed by atoms with Crippen LogP contribution in [-0.2, 0) is 19.6 Å². The van der Waals surface area contributed by atoms with Gasteiger partial charge in [0.25, 0.3) is 0 Å². The van der Waals surface area contributed by atoms with Crippen molar-refractivity contribution in [1.29, 1.82) is 0 Å². The maximum absolute atomic E-state index is 4.64. The zero-order valence-corrected chi connectivity index (χ0v) is 12.2. The molecule has 106 valence electrons. The molecule has 1 aliphatic heterocycles. The highest BCUT2D eigenvalue weighted by atomic mass is 32.1. The quantitative estimate of drug-likeness (QED) is 0.738. The maximum Gasteiger partial charge on any atom is 0.188 e. The Morgan fingerprint density at radius 2 is 2.00 bits per heavy atom. The van der Waals surface area contributed by atoms with E-state index < -0.39 is 0 Å². The van der Waals surface area contributed by atoms with Crippen LogP contribution in [0.1, 0.15) is 11.5 Å². The van der Waals surface area contributed by atoms with Gasteiger partial charge in [-0.05, 0) is 6.07 Å². The third-order valence-corrected chi connectivity index (χ3v) is 4.41. The molecular weight excluding hydrogens is 284 g/mol. The standard InChI is InChI=1S/C14H14N6S/c1-2-16-13(17-3-1)14-18-11(10-21-14)8-19-6-7-20-5-4-15-12(20)9-19/h1-5,10H,6-9H2. The third-order valence-electron chi connectivity index (χ3n) is 3.52. The summed E-state index contributed by atoms with van der Waals surface area (Å²) in [4.78, 5) is 19.9. The van der Waals surface area contributed by atoms with E-state index in [1.54, 1.807) is 23.7 Å². The van der Waals surface area contributed by atoms with Crippen molar-refractivity contribution in [1.82, 2.24) is 29.4 Å². The summed E-state index contributed by atoms with van der Waals surface area (Å²) in [5.74, 6) is 1.83. The zero-order chi connectivity index (χ0) is 14.1. The molecule has 0 fully saturated rings. The summed E-state index contributed by atoms with van der Waals surface area (Å²) in [6.07, 6.45) is 7.40. The Labute approximate surface area is 126 Å². The maximum atomic E-state index is 4.64. The molecule has 6 nitrogen and oxygen atoms in total. The van der Waals surface area contributed by atoms with E-state index >= 15 is 0 Å². The van der Waals surface area contributed by atoms with E-state index in [2.05, 4.69) is 34.8 Å². The summed E-state index contributed by atoms with van der Waals surface area (Å²) in [7, 11) is 0. The van der Waals surface area contributed by atoms with Crippen LogP contribution in [0.3, 0.4) is 0 Å². The first-order valence-electron chi connectivity index (χ1n) is 6.82. The molecule has 0 bridgehead atoms. The average Bonchev–Trinajstić information content (AvgIpc) is 3.17. The molecule has 3 aromatic heterocycles. The van der Waals surface area contributed by atoms with E-state index in [-0.39, 0.29) is 0 Å². The molecule has 0 aliphatic carbocycles. The molecule has 0 atom stereocenters. The Morgan fingerprint density at radius 1 is 1.10 bits per heavy atom. The summed E-state index contributed by atoms with van der Waals surface area (Å²) in [5.41, 5.74) is 1.07. The molecule has 3 aromatic rings. The van der Waals surface area contributed by atoms with Crippen LogP contribution in [0.5, 0.6) is 0 Å². The molecule has 4 heterocycles. The molecule has 4 rings (SSSR count). The molecule has 0 unspecified atom stereocenters. The molecule has 0 spiro atoms. The highest BCUT2D eigenvalue weighted by molar-refractivity contribution is 7.13. The van der Waals surface area contributed by atoms with Gasteiger partial charge >= 0.3 is 0 Å². The predicted molar refractivity (Wildman–Crippen MR) is 79.5 cm³/mol. The Bertz CT molecular complexity index is 735. The molecule has 0 saturated heterocycles. The normalized spacial score (nSPS) is 15.0. The van der Waals surface area contributed by atoms with Gasteiger partial charge in [0.15, 0.2) is 10.8 Å². The van der Waals surface area contributed by atoms with Crippen LogP contribution in [0.15, 0.2) is 36.2 Å². The van der Waals surface area contributed by atoms with E-state index in [0.717, 1.165) is 42.7 Å². The summed E-state index contributed by atoms with van der Waals surface area (Å²) in [5, 5.41) is 2.97. The van der Waals surface area contributed by atoms with Crippen molar-refractivity contribution >= 4 is 11.3 Å². The Morgan fingerprint density at radius 3 is 2.90 bits per heavy atom. The molecular formula is C14H14N6S. The minimum atomic E-state index is 0.697. The fourth-order valence-electron chi connectivity index (χ4n) is 2.48. The van der Waals surface area contributed by atoms with Crippen molar-refractivity contribution in [2.45, 2.75) is 19.6 Å². The lowest BCUT2D eigenvalue weighted by Crippen LogP contribution is -2.33. The lowest BCUT2D eigenvalue weighted by atomic mass is 10.3. The number of hydrogen-bond acceptors (Lipinski definition) is 6. The molecule has 21 heavy (non-hydrogen) atoms. The summed E-state index contributed by atoms with van der Waals surface area (Å²) in [6.45, 7) is 3.74. The van der Waals surface area contributed by atoms with Crippen LogP contribution < -0.4 is 0 Å². The molecule has 0 N–H and O–H groups in total. The summed E-state index contributed by atoms with van der Waals surface area (Å²) in [6, 6.07) is 1.81. The smallest absolute Gasteiger partial charge is 0.188 e. The second kappa shape index (κ2) is 5.34. The number of thiazole rings is 1. The van der Waals surface area contributed by atoms with Gasteiger partial charge in [0, 0.05) is 49.8 Å². The van der Waals surface area contributed by atoms with Gasteiger partial charge < -0.3 is 4.57 Å². The Kier molecular flexibility index (Phi) is 3.21. The first-order chi connectivity index (χ1) is 10.4. The summed E-state index contributed by atoms with van der Waals surface area (Å²) < 4.78 is 2.21. The Balaban J connectivity index is 1.48. The highest BCUT2D eigenvalue weighted by Crippen LogP contribution is 2.21. The van der Waals surface area contributed by atoms with Gasteiger partial charge in [-0.3, -0.25) is 4.90 Å². The van der Waals surface area contributed by atoms with Gasteiger partial charge in [-0.2, -0.15) is 0 Å². The van der Waals surface area contributed by atoms with Crippen molar-refractivity contribution in [3.63, 3.8) is 0 Å². The lowest BCUT2D eigenvalue weighted by Gasteiger charge is -2.26. The molecule has 0 saturated carbocycles. The van der Waals surface area contributed by atoms with Crippen LogP contribution in [0.25, 0.3) is 10.8 Å². The highest BCUT2D eigenvalue weighted by Gasteiger charge is 2.18. The lowest BCUT2D eigenvalue weighted by molar-refractivity contribution is 0.207. The third kappa shape index (κ3) is 2.57. The van der Waals surface area contributed by atoms with Crippen molar-refractivity contribution in [2.24, 2.45) is 0 Å². The molecule has 0 aromatic carbocycles. The zero-order valence-electron chi connectivity index (χ0n) is 11.4. The largest absolute Gasteiger partial charge is 0.333 e. The van der Waals surface area contributed by atoms with Crippen molar-refractivity contribution in [3.8, 4) is 10.8 Å². The number of nitrogens with zero attached hydrogens (tertiary/aromatic N) is 6. The van der Waals surface area contributed by atoms with E-state index in [0.29, 0.717) is 5.82 Å². The number of imidazole rings is 1. The second-order valence-electron chi connectivity index (χ2n) is 4.96. The van der Waals surface area contributed by atoms with Crippen molar-refractivity contribution in [2.75, 3.05) is 6.54 Å². The fourth-order valence-corrected chi connectivity index (χ4v) is 3.24. The van der Waals surface area contributed by atoms with Gasteiger partial charge in [0.2, 0.25) is 0 Å². The van der Waals surface area contributed by atoms with E-state index in [4.69, 9.17) is 0 Å². The SMILES string of the molecule is c1cnc(-c2nc(CN3CCn4ccnc4C3)cs2)nc1. The van der Waals surface area contributed by atoms with Crippen LogP contribution in [-0.4, -0.2) is 35.9 Å². The molecule has 0 amide bonds. The minimum Gasteiger partial charge on any atom is -0.333 e. The van der Waals surface area contributed by atoms with Crippen molar-refractivity contribution in [3.05, 3.63) is 47.8 Å². The van der Waals surface area contributed by atoms with Crippen LogP contribution >= 0.6 is 11.3 Å². The average molecular weight is 298 g/mol. The summed E-state index contributed by atoms with van der Waals surface area (Å²) >= 11 is 1.59. The fraction of sp³-hybridized carbons (Fsp3) is 0.286. The second-order valence-corrected chi connectivity index (χ2v) is 5.82. The van der Waals surface area contributed by atoms with E-state index in [9.17, 15) is 0 Å². The van der Waals surface area contributed by atoms with Gasteiger partial charge in [-0.25, -0.2) is 19.9 Å². The van der Waals surface area contributed by atoms with Gasteiger partial charge in [-0.15, -0.1) is 11.3 Å². The van der Waals surface area contributed by atoms with Crippen LogP contribution in [0.4, 0.5) is 0 Å². The first kappa shape index (κ1) is 12.6. The number of hydrogen-bond donors (Lipinski definition) is 0. The van der Waals surface area contributed by atoms with E-state index in [1.807, 2.05) is 18.5 Å². The van der Waals surface area contributed by atoms with Gasteiger partial charge in [-0.1, -0.05) is 0 Å².